The monoisotopic (exact) mass is 387 g/mol. The average molecular weight is 387 g/mol. The third-order valence-corrected chi connectivity index (χ3v) is 4.53. The molecule has 2 aromatic carbocycles. The fraction of sp³-hybridized carbons (Fsp3) is 0.0714. The number of anilines is 1. The Morgan fingerprint density at radius 2 is 1.78 bits per heavy atom. The number of nitrogens with one attached hydrogen (secondary N) is 1. The molecule has 0 aliphatic carbocycles. The van der Waals surface area contributed by atoms with Crippen molar-refractivity contribution in [2.24, 2.45) is 0 Å². The standard InChI is InChI=1S/C8H10AsNO5.C6H5FO/c1-5(11)10-6-2-3-7(8(12)4-6)9(13,14)15;7-5-2-1-3-6(8)4-5/h2-4,12H,1H3,(H,10,11)(H2,13,14,15);1-4,8H. The Hall–Kier alpha value is -2.28. The fourth-order valence-electron chi connectivity index (χ4n) is 1.53. The molecule has 124 valence electrons. The molecule has 2 rings (SSSR count). The van der Waals surface area contributed by atoms with Gasteiger partial charge < -0.3 is 5.11 Å². The van der Waals surface area contributed by atoms with E-state index < -0.39 is 30.1 Å². The second-order valence-corrected chi connectivity index (χ2v) is 7.70. The molecule has 1 amide bonds. The summed E-state index contributed by atoms with van der Waals surface area (Å²) >= 11 is -5.09. The van der Waals surface area contributed by atoms with Gasteiger partial charge in [0.2, 0.25) is 0 Å². The minimum absolute atomic E-state index is 0.0370. The van der Waals surface area contributed by atoms with E-state index in [0.29, 0.717) is 0 Å². The van der Waals surface area contributed by atoms with E-state index >= 15 is 0 Å². The van der Waals surface area contributed by atoms with Crippen LogP contribution in [-0.2, 0) is 8.53 Å². The predicted molar refractivity (Wildman–Crippen MR) is 81.0 cm³/mol. The Morgan fingerprint density at radius 3 is 2.17 bits per heavy atom. The molecule has 0 radical (unpaired) electrons. The summed E-state index contributed by atoms with van der Waals surface area (Å²) in [5, 5.41) is 20.3. The largest absolute Gasteiger partial charge is 0.508 e. The maximum absolute atomic E-state index is 12.0. The van der Waals surface area contributed by atoms with Crippen LogP contribution in [0.2, 0.25) is 0 Å². The predicted octanol–water partition coefficient (Wildman–Crippen LogP) is 0.443. The molecular weight excluding hydrogens is 372 g/mol. The molecule has 0 spiro atoms. The number of phenols is 2. The van der Waals surface area contributed by atoms with Crippen LogP contribution in [0.5, 0.6) is 11.5 Å². The number of aromatic hydroxyl groups is 2. The van der Waals surface area contributed by atoms with Crippen molar-refractivity contribution in [1.29, 1.82) is 0 Å². The van der Waals surface area contributed by atoms with Gasteiger partial charge in [-0.2, -0.15) is 0 Å². The summed E-state index contributed by atoms with van der Waals surface area (Å²) in [7, 11) is 0. The van der Waals surface area contributed by atoms with Crippen LogP contribution in [0.4, 0.5) is 10.1 Å². The number of hydrogen-bond acceptors (Lipinski definition) is 4. The van der Waals surface area contributed by atoms with Crippen molar-refractivity contribution in [3.63, 3.8) is 0 Å². The molecule has 0 bridgehead atoms. The zero-order chi connectivity index (χ0) is 17.6. The second-order valence-electron chi connectivity index (χ2n) is 4.41. The molecule has 0 aliphatic heterocycles. The van der Waals surface area contributed by atoms with E-state index in [1.54, 1.807) is 0 Å². The quantitative estimate of drug-likeness (QED) is 0.476. The van der Waals surface area contributed by atoms with E-state index in [2.05, 4.69) is 5.32 Å². The molecular formula is C14H15AsFNO6. The average Bonchev–Trinajstić information content (AvgIpc) is 2.36. The van der Waals surface area contributed by atoms with E-state index in [0.717, 1.165) is 18.2 Å². The van der Waals surface area contributed by atoms with Crippen molar-refractivity contribution >= 4 is 30.1 Å². The summed E-state index contributed by atoms with van der Waals surface area (Å²) < 4.78 is 40.2. The van der Waals surface area contributed by atoms with Crippen LogP contribution in [0.15, 0.2) is 42.5 Å². The van der Waals surface area contributed by atoms with Crippen LogP contribution in [0.25, 0.3) is 0 Å². The number of benzene rings is 2. The van der Waals surface area contributed by atoms with Gasteiger partial charge >= 0.3 is 88.1 Å². The van der Waals surface area contributed by atoms with Gasteiger partial charge in [-0.05, 0) is 12.1 Å². The van der Waals surface area contributed by atoms with E-state index in [4.69, 9.17) is 13.3 Å². The van der Waals surface area contributed by atoms with Crippen molar-refractivity contribution < 1.29 is 31.3 Å². The van der Waals surface area contributed by atoms with Crippen LogP contribution in [0.1, 0.15) is 6.92 Å². The van der Waals surface area contributed by atoms with Gasteiger partial charge in [-0.3, -0.25) is 0 Å². The fourth-order valence-corrected chi connectivity index (χ4v) is 2.85. The van der Waals surface area contributed by atoms with Crippen molar-refractivity contribution in [3.05, 3.63) is 48.3 Å². The van der Waals surface area contributed by atoms with Gasteiger partial charge in [0.1, 0.15) is 11.6 Å². The van der Waals surface area contributed by atoms with Crippen molar-refractivity contribution in [2.75, 3.05) is 5.32 Å². The van der Waals surface area contributed by atoms with Crippen LogP contribution < -0.4 is 9.67 Å². The maximum atomic E-state index is 12.0. The zero-order valence-electron chi connectivity index (χ0n) is 12.0. The van der Waals surface area contributed by atoms with Crippen LogP contribution in [0, 0.1) is 5.82 Å². The van der Waals surface area contributed by atoms with Gasteiger partial charge in [-0.1, -0.05) is 6.07 Å². The molecule has 0 aromatic heterocycles. The third kappa shape index (κ3) is 6.56. The number of amides is 1. The van der Waals surface area contributed by atoms with Gasteiger partial charge in [0.25, 0.3) is 0 Å². The minimum Gasteiger partial charge on any atom is -0.508 e. The molecule has 0 fully saturated rings. The van der Waals surface area contributed by atoms with E-state index in [-0.39, 0.29) is 17.3 Å². The van der Waals surface area contributed by atoms with Crippen molar-refractivity contribution in [3.8, 4) is 11.5 Å². The first-order valence-electron chi connectivity index (χ1n) is 6.21. The van der Waals surface area contributed by atoms with Gasteiger partial charge in [0, 0.05) is 6.07 Å². The Morgan fingerprint density at radius 1 is 1.13 bits per heavy atom. The van der Waals surface area contributed by atoms with E-state index in [9.17, 15) is 18.0 Å². The SMILES string of the molecule is CC(=O)Nc1ccc([As](=O)(O)O)c(O)c1.Oc1cccc(F)c1. The summed E-state index contributed by atoms with van der Waals surface area (Å²) in [6.07, 6.45) is 0. The normalized spacial score (nSPS) is 10.4. The molecule has 9 heteroatoms. The summed E-state index contributed by atoms with van der Waals surface area (Å²) in [5.74, 6) is -1.30. The molecule has 23 heavy (non-hydrogen) atoms. The molecule has 7 nitrogen and oxygen atoms in total. The van der Waals surface area contributed by atoms with Gasteiger partial charge in [-0.15, -0.1) is 0 Å². The van der Waals surface area contributed by atoms with Gasteiger partial charge in [-0.25, -0.2) is 4.39 Å². The number of hydrogen-bond donors (Lipinski definition) is 5. The van der Waals surface area contributed by atoms with Crippen LogP contribution in [-0.4, -0.2) is 38.5 Å². The number of carbonyl (C=O) groups is 1. The second kappa shape index (κ2) is 7.82. The number of rotatable bonds is 2. The summed E-state index contributed by atoms with van der Waals surface area (Å²) in [6, 6.07) is 8.71. The number of phenolic OH excluding ortho intramolecular Hbond substituents is 2. The smallest absolute Gasteiger partial charge is 0.126 e. The molecule has 5 N–H and O–H groups in total. The summed E-state index contributed by atoms with van der Waals surface area (Å²) in [4.78, 5) is 10.7. The van der Waals surface area contributed by atoms with Gasteiger partial charge in [0.15, 0.2) is 0 Å². The van der Waals surface area contributed by atoms with Crippen LogP contribution in [0.3, 0.4) is 0 Å². The first-order chi connectivity index (χ1) is 10.6. The Labute approximate surface area is 134 Å². The van der Waals surface area contributed by atoms with E-state index in [1.807, 2.05) is 0 Å². The summed E-state index contributed by atoms with van der Waals surface area (Å²) in [6.45, 7) is 1.29. The molecule has 2 aromatic rings. The Kier molecular flexibility index (Phi) is 6.38. The maximum Gasteiger partial charge on any atom is 0.126 e. The molecule has 0 unspecified atom stereocenters. The molecule has 0 heterocycles. The Bertz CT molecular complexity index is 729. The van der Waals surface area contributed by atoms with Crippen molar-refractivity contribution in [1.82, 2.24) is 0 Å². The van der Waals surface area contributed by atoms with Crippen LogP contribution >= 0.6 is 0 Å². The van der Waals surface area contributed by atoms with Gasteiger partial charge in [0.05, 0.1) is 0 Å². The minimum atomic E-state index is -5.09. The van der Waals surface area contributed by atoms with Crippen molar-refractivity contribution in [2.45, 2.75) is 6.92 Å². The first-order valence-corrected chi connectivity index (χ1v) is 9.59. The first kappa shape index (κ1) is 18.8. The summed E-state index contributed by atoms with van der Waals surface area (Å²) in [5.41, 5.74) is 0.285. The third-order valence-electron chi connectivity index (χ3n) is 2.42. The molecule has 0 saturated heterocycles. The zero-order valence-corrected chi connectivity index (χ0v) is 13.8. The topological polar surface area (TPSA) is 127 Å². The number of carbonyl (C=O) groups excluding carboxylic acids is 1. The molecule has 0 atom stereocenters. The molecule has 0 aliphatic rings. The molecule has 0 saturated carbocycles. The van der Waals surface area contributed by atoms with E-state index in [1.165, 1.54) is 31.2 Å². The number of halogens is 1. The Balaban J connectivity index is 0.000000277.